The number of hydrogen-bond donors (Lipinski definition) is 2. The second-order valence-electron chi connectivity index (χ2n) is 3.84. The van der Waals surface area contributed by atoms with E-state index in [-0.39, 0.29) is 17.5 Å². The molecule has 0 saturated carbocycles. The van der Waals surface area contributed by atoms with Crippen molar-refractivity contribution in [1.82, 2.24) is 9.97 Å². The standard InChI is InChI=1S/C11H13N5O2S/c1-2-7(9-4-3-5-19-9)14-11-13-6-8(16(17)18)10(12)15-11/h3-7H,2H2,1H3,(H3,12,13,14,15). The molecule has 0 aliphatic rings. The Morgan fingerprint density at radius 3 is 2.95 bits per heavy atom. The number of nitrogen functional groups attached to an aromatic ring is 1. The molecule has 0 fully saturated rings. The molecule has 1 unspecified atom stereocenters. The minimum Gasteiger partial charge on any atom is -0.378 e. The molecule has 8 heteroatoms. The van der Waals surface area contributed by atoms with Crippen molar-refractivity contribution in [1.29, 1.82) is 0 Å². The fourth-order valence-corrected chi connectivity index (χ4v) is 2.48. The van der Waals surface area contributed by atoms with Gasteiger partial charge in [-0.25, -0.2) is 4.98 Å². The SMILES string of the molecule is CCC(Nc1ncc([N+](=O)[O-])c(N)n1)c1cccs1. The van der Waals surface area contributed by atoms with Gasteiger partial charge in [0.05, 0.1) is 11.0 Å². The zero-order chi connectivity index (χ0) is 13.8. The normalized spacial score (nSPS) is 12.1. The quantitative estimate of drug-likeness (QED) is 0.643. The monoisotopic (exact) mass is 279 g/mol. The third kappa shape index (κ3) is 2.97. The van der Waals surface area contributed by atoms with E-state index in [0.717, 1.165) is 17.5 Å². The summed E-state index contributed by atoms with van der Waals surface area (Å²) in [6, 6.07) is 4.05. The van der Waals surface area contributed by atoms with Gasteiger partial charge in [0.1, 0.15) is 6.20 Å². The Labute approximate surface area is 113 Å². The minimum atomic E-state index is -0.602. The van der Waals surface area contributed by atoms with Gasteiger partial charge in [-0.2, -0.15) is 4.98 Å². The molecular formula is C11H13N5O2S. The van der Waals surface area contributed by atoms with Gasteiger partial charge in [0.15, 0.2) is 0 Å². The Bertz CT molecular complexity index is 572. The van der Waals surface area contributed by atoms with E-state index < -0.39 is 4.92 Å². The molecule has 2 rings (SSSR count). The van der Waals surface area contributed by atoms with Crippen molar-refractivity contribution in [2.45, 2.75) is 19.4 Å². The first-order valence-corrected chi connectivity index (χ1v) is 6.56. The maximum Gasteiger partial charge on any atom is 0.329 e. The highest BCUT2D eigenvalue weighted by atomic mass is 32.1. The first kappa shape index (κ1) is 13.2. The number of thiophene rings is 1. The second-order valence-corrected chi connectivity index (χ2v) is 4.82. The molecule has 0 aromatic carbocycles. The van der Waals surface area contributed by atoms with E-state index in [1.807, 2.05) is 24.4 Å². The third-order valence-electron chi connectivity index (χ3n) is 2.59. The Morgan fingerprint density at radius 1 is 1.63 bits per heavy atom. The summed E-state index contributed by atoms with van der Waals surface area (Å²) in [5, 5.41) is 15.7. The van der Waals surface area contributed by atoms with E-state index in [4.69, 9.17) is 5.73 Å². The second kappa shape index (κ2) is 5.61. The highest BCUT2D eigenvalue weighted by molar-refractivity contribution is 7.10. The molecule has 0 saturated heterocycles. The molecule has 0 spiro atoms. The van der Waals surface area contributed by atoms with Gasteiger partial charge in [0.2, 0.25) is 11.8 Å². The van der Waals surface area contributed by atoms with Crippen molar-refractivity contribution in [2.75, 3.05) is 11.1 Å². The van der Waals surface area contributed by atoms with Crippen LogP contribution in [0, 0.1) is 10.1 Å². The Kier molecular flexibility index (Phi) is 3.91. The van der Waals surface area contributed by atoms with Crippen molar-refractivity contribution in [3.63, 3.8) is 0 Å². The molecule has 2 heterocycles. The predicted octanol–water partition coefficient (Wildman–Crippen LogP) is 2.59. The summed E-state index contributed by atoms with van der Waals surface area (Å²) in [7, 11) is 0. The summed E-state index contributed by atoms with van der Waals surface area (Å²) in [5.41, 5.74) is 5.25. The van der Waals surface area contributed by atoms with Crippen molar-refractivity contribution in [2.24, 2.45) is 0 Å². The number of nitro groups is 1. The van der Waals surface area contributed by atoms with Crippen LogP contribution in [0.2, 0.25) is 0 Å². The zero-order valence-corrected chi connectivity index (χ0v) is 11.1. The lowest BCUT2D eigenvalue weighted by molar-refractivity contribution is -0.384. The average Bonchev–Trinajstić information content (AvgIpc) is 2.89. The fourth-order valence-electron chi connectivity index (χ4n) is 1.62. The van der Waals surface area contributed by atoms with Crippen LogP contribution in [-0.4, -0.2) is 14.9 Å². The fraction of sp³-hybridized carbons (Fsp3) is 0.273. The number of aromatic nitrogens is 2. The lowest BCUT2D eigenvalue weighted by atomic mass is 10.2. The van der Waals surface area contributed by atoms with E-state index in [9.17, 15) is 10.1 Å². The molecule has 19 heavy (non-hydrogen) atoms. The number of nitrogens with one attached hydrogen (secondary N) is 1. The summed E-state index contributed by atoms with van der Waals surface area (Å²) in [5.74, 6) is 0.159. The van der Waals surface area contributed by atoms with Crippen LogP contribution in [0.4, 0.5) is 17.5 Å². The number of anilines is 2. The lowest BCUT2D eigenvalue weighted by Gasteiger charge is -2.15. The van der Waals surface area contributed by atoms with Crippen molar-refractivity contribution in [3.8, 4) is 0 Å². The molecule has 3 N–H and O–H groups in total. The molecule has 0 radical (unpaired) electrons. The number of nitrogens with zero attached hydrogens (tertiary/aromatic N) is 3. The average molecular weight is 279 g/mol. The van der Waals surface area contributed by atoms with Gasteiger partial charge in [0, 0.05) is 4.88 Å². The topological polar surface area (TPSA) is 107 Å². The molecule has 0 aliphatic heterocycles. The van der Waals surface area contributed by atoms with Gasteiger partial charge in [-0.15, -0.1) is 11.3 Å². The van der Waals surface area contributed by atoms with Gasteiger partial charge >= 0.3 is 5.69 Å². The summed E-state index contributed by atoms with van der Waals surface area (Å²) in [6.07, 6.45) is 1.96. The Morgan fingerprint density at radius 2 is 2.42 bits per heavy atom. The van der Waals surface area contributed by atoms with Gasteiger partial charge in [-0.3, -0.25) is 10.1 Å². The third-order valence-corrected chi connectivity index (χ3v) is 3.58. The lowest BCUT2D eigenvalue weighted by Crippen LogP contribution is -2.12. The zero-order valence-electron chi connectivity index (χ0n) is 10.2. The molecule has 1 atom stereocenters. The van der Waals surface area contributed by atoms with Crippen LogP contribution >= 0.6 is 11.3 Å². The smallest absolute Gasteiger partial charge is 0.329 e. The van der Waals surface area contributed by atoms with E-state index in [2.05, 4.69) is 15.3 Å². The molecule has 0 amide bonds. The first-order chi connectivity index (χ1) is 9.11. The molecule has 2 aromatic heterocycles. The molecular weight excluding hydrogens is 266 g/mol. The maximum atomic E-state index is 10.6. The largest absolute Gasteiger partial charge is 0.378 e. The first-order valence-electron chi connectivity index (χ1n) is 5.68. The number of hydrogen-bond acceptors (Lipinski definition) is 7. The number of rotatable bonds is 5. The van der Waals surface area contributed by atoms with Crippen LogP contribution in [0.1, 0.15) is 24.3 Å². The van der Waals surface area contributed by atoms with Crippen LogP contribution in [0.5, 0.6) is 0 Å². The van der Waals surface area contributed by atoms with Crippen LogP contribution in [0.3, 0.4) is 0 Å². The van der Waals surface area contributed by atoms with E-state index in [0.29, 0.717) is 5.95 Å². The van der Waals surface area contributed by atoms with Gasteiger partial charge in [-0.05, 0) is 17.9 Å². The molecule has 0 aliphatic carbocycles. The molecule has 0 bridgehead atoms. The predicted molar refractivity (Wildman–Crippen MR) is 74.1 cm³/mol. The van der Waals surface area contributed by atoms with Crippen LogP contribution in [0.25, 0.3) is 0 Å². The highest BCUT2D eigenvalue weighted by Gasteiger charge is 2.16. The van der Waals surface area contributed by atoms with Gasteiger partial charge < -0.3 is 11.1 Å². The van der Waals surface area contributed by atoms with E-state index >= 15 is 0 Å². The van der Waals surface area contributed by atoms with Crippen molar-refractivity contribution >= 4 is 28.8 Å². The van der Waals surface area contributed by atoms with Crippen LogP contribution in [-0.2, 0) is 0 Å². The van der Waals surface area contributed by atoms with Gasteiger partial charge in [0.25, 0.3) is 0 Å². The summed E-state index contributed by atoms with van der Waals surface area (Å²) >= 11 is 1.63. The summed E-state index contributed by atoms with van der Waals surface area (Å²) < 4.78 is 0. The Hall–Kier alpha value is -2.22. The number of nitrogens with two attached hydrogens (primary N) is 1. The van der Waals surface area contributed by atoms with Crippen molar-refractivity contribution in [3.05, 3.63) is 38.7 Å². The molecule has 2 aromatic rings. The highest BCUT2D eigenvalue weighted by Crippen LogP contribution is 2.26. The Balaban J connectivity index is 2.19. The van der Waals surface area contributed by atoms with E-state index in [1.54, 1.807) is 11.3 Å². The van der Waals surface area contributed by atoms with Crippen molar-refractivity contribution < 1.29 is 4.92 Å². The van der Waals surface area contributed by atoms with E-state index in [1.165, 1.54) is 0 Å². The minimum absolute atomic E-state index is 0.0702. The van der Waals surface area contributed by atoms with Gasteiger partial charge in [-0.1, -0.05) is 13.0 Å². The molecule has 7 nitrogen and oxygen atoms in total. The summed E-state index contributed by atoms with van der Waals surface area (Å²) in [6.45, 7) is 2.03. The van der Waals surface area contributed by atoms with Crippen LogP contribution in [0.15, 0.2) is 23.7 Å². The maximum absolute atomic E-state index is 10.6. The molecule has 100 valence electrons. The summed E-state index contributed by atoms with van der Waals surface area (Å²) in [4.78, 5) is 19.0. The van der Waals surface area contributed by atoms with Crippen LogP contribution < -0.4 is 11.1 Å².